The Morgan fingerprint density at radius 3 is 2.68 bits per heavy atom. The first kappa shape index (κ1) is 26.7. The number of benzene rings is 2. The predicted molar refractivity (Wildman–Crippen MR) is 135 cm³/mol. The van der Waals surface area contributed by atoms with Crippen LogP contribution < -0.4 is 10.6 Å². The number of pyridine rings is 1. The number of nitriles is 1. The minimum absolute atomic E-state index is 0.00392. The van der Waals surface area contributed by atoms with Crippen LogP contribution in [0.2, 0.25) is 0 Å². The Bertz CT molecular complexity index is 1400. The van der Waals surface area contributed by atoms with Crippen LogP contribution in [0.15, 0.2) is 59.7 Å². The average molecular weight is 528 g/mol. The van der Waals surface area contributed by atoms with Crippen molar-refractivity contribution in [3.05, 3.63) is 66.1 Å². The molecule has 1 unspecified atom stereocenters. The van der Waals surface area contributed by atoms with Crippen LogP contribution in [-0.4, -0.2) is 52.5 Å². The molecule has 2 aromatic carbocycles. The van der Waals surface area contributed by atoms with Gasteiger partial charge in [-0.25, -0.2) is 14.2 Å². The number of alkyl halides is 3. The number of carbonyl (C=O) groups is 1. The molecule has 0 spiro atoms. The lowest BCUT2D eigenvalue weighted by Crippen LogP contribution is -2.60. The molecule has 1 fully saturated rings. The molecule has 2 amide bonds. The second kappa shape index (κ2) is 10.9. The summed E-state index contributed by atoms with van der Waals surface area (Å²) in [5.74, 6) is -0.676. The fourth-order valence-electron chi connectivity index (χ4n) is 4.33. The number of halogens is 4. The average Bonchev–Trinajstić information content (AvgIpc) is 2.88. The van der Waals surface area contributed by atoms with E-state index in [1.807, 2.05) is 43.1 Å². The first-order valence-electron chi connectivity index (χ1n) is 11.9. The monoisotopic (exact) mass is 527 g/mol. The highest BCUT2D eigenvalue weighted by Crippen LogP contribution is 2.32. The minimum Gasteiger partial charge on any atom is -0.335 e. The van der Waals surface area contributed by atoms with Gasteiger partial charge in [-0.2, -0.15) is 18.4 Å². The fourth-order valence-corrected chi connectivity index (χ4v) is 4.33. The Hall–Kier alpha value is -4.40. The maximum Gasteiger partial charge on any atom is 0.416 e. The van der Waals surface area contributed by atoms with E-state index in [0.29, 0.717) is 29.8 Å². The summed E-state index contributed by atoms with van der Waals surface area (Å²) >= 11 is 0. The third kappa shape index (κ3) is 5.77. The number of aromatic nitrogens is 1. The summed E-state index contributed by atoms with van der Waals surface area (Å²) < 4.78 is 53.4. The van der Waals surface area contributed by atoms with E-state index in [9.17, 15) is 27.6 Å². The number of anilines is 1. The standard InChI is InChI=1S/C26H25F4N7O/c1-16(2)23-14-36(25(38)35-22-13-17(26(28,29)30)8-9-19(22)27)11-12-37(23)24(33-15-31)34-21-7-3-6-20-18(21)5-4-10-32-20/h3-10,13,16,23H,11-12,14H2,1-2H3,(H,33,34)(H,35,38). The lowest BCUT2D eigenvalue weighted by atomic mass is 10.00. The van der Waals surface area contributed by atoms with Crippen molar-refractivity contribution in [3.8, 4) is 6.19 Å². The van der Waals surface area contributed by atoms with Crippen molar-refractivity contribution in [1.82, 2.24) is 20.1 Å². The molecule has 198 valence electrons. The number of rotatable bonds is 3. The van der Waals surface area contributed by atoms with Gasteiger partial charge in [0.05, 0.1) is 28.5 Å². The predicted octanol–water partition coefficient (Wildman–Crippen LogP) is 5.33. The van der Waals surface area contributed by atoms with Crippen molar-refractivity contribution in [3.63, 3.8) is 0 Å². The lowest BCUT2D eigenvalue weighted by Gasteiger charge is -2.44. The fraction of sp³-hybridized carbons (Fsp3) is 0.308. The number of aliphatic imine (C=N–C) groups is 1. The quantitative estimate of drug-likeness (QED) is 0.158. The van der Waals surface area contributed by atoms with Crippen LogP contribution in [0.1, 0.15) is 19.4 Å². The summed E-state index contributed by atoms with van der Waals surface area (Å²) in [6.45, 7) is 4.50. The Labute approximate surface area is 216 Å². The third-order valence-corrected chi connectivity index (χ3v) is 6.30. The maximum atomic E-state index is 14.2. The molecule has 1 aliphatic rings. The summed E-state index contributed by atoms with van der Waals surface area (Å²) in [6, 6.07) is 9.99. The van der Waals surface area contributed by atoms with Gasteiger partial charge >= 0.3 is 12.2 Å². The number of carbonyl (C=O) groups excluding carboxylic acids is 1. The lowest BCUT2D eigenvalue weighted by molar-refractivity contribution is -0.137. The molecule has 0 bridgehead atoms. The second-order valence-corrected chi connectivity index (χ2v) is 9.09. The highest BCUT2D eigenvalue weighted by molar-refractivity contribution is 5.94. The van der Waals surface area contributed by atoms with Crippen molar-refractivity contribution < 1.29 is 22.4 Å². The largest absolute Gasteiger partial charge is 0.416 e. The van der Waals surface area contributed by atoms with Gasteiger partial charge in [-0.05, 0) is 48.4 Å². The number of piperazine rings is 1. The summed E-state index contributed by atoms with van der Waals surface area (Å²) in [6.07, 6.45) is -1.08. The van der Waals surface area contributed by atoms with Crippen molar-refractivity contribution in [1.29, 1.82) is 5.26 Å². The van der Waals surface area contributed by atoms with Crippen LogP contribution in [-0.2, 0) is 6.18 Å². The number of amides is 2. The number of urea groups is 1. The van der Waals surface area contributed by atoms with Gasteiger partial charge in [0.1, 0.15) is 5.82 Å². The molecule has 8 nitrogen and oxygen atoms in total. The molecule has 0 aliphatic carbocycles. The molecule has 2 N–H and O–H groups in total. The normalized spacial score (nSPS) is 16.5. The van der Waals surface area contributed by atoms with E-state index in [1.54, 1.807) is 18.3 Å². The second-order valence-electron chi connectivity index (χ2n) is 9.09. The van der Waals surface area contributed by atoms with E-state index in [1.165, 1.54) is 4.90 Å². The van der Waals surface area contributed by atoms with Gasteiger partial charge in [0, 0.05) is 31.2 Å². The van der Waals surface area contributed by atoms with Crippen molar-refractivity contribution in [2.24, 2.45) is 10.9 Å². The molecule has 1 atom stereocenters. The number of guanidine groups is 1. The van der Waals surface area contributed by atoms with Gasteiger partial charge in [0.25, 0.3) is 0 Å². The first-order chi connectivity index (χ1) is 18.1. The van der Waals surface area contributed by atoms with Crippen molar-refractivity contribution >= 4 is 34.3 Å². The SMILES string of the molecule is CC(C)C1CN(C(=O)Nc2cc(C(F)(F)F)ccc2F)CCN1C(=Nc1cccc2ncccc12)NC#N. The highest BCUT2D eigenvalue weighted by atomic mass is 19.4. The van der Waals surface area contributed by atoms with Crippen LogP contribution in [0.5, 0.6) is 0 Å². The van der Waals surface area contributed by atoms with E-state index in [2.05, 4.69) is 15.6 Å². The molecule has 1 aromatic heterocycles. The molecular weight excluding hydrogens is 502 g/mol. The maximum absolute atomic E-state index is 14.2. The van der Waals surface area contributed by atoms with Gasteiger partial charge in [-0.1, -0.05) is 19.9 Å². The first-order valence-corrected chi connectivity index (χ1v) is 11.9. The summed E-state index contributed by atoms with van der Waals surface area (Å²) in [5.41, 5.74) is -0.262. The van der Waals surface area contributed by atoms with E-state index >= 15 is 0 Å². The van der Waals surface area contributed by atoms with Crippen LogP contribution in [0, 0.1) is 23.2 Å². The number of hydrogen-bond donors (Lipinski definition) is 2. The van der Waals surface area contributed by atoms with Gasteiger partial charge in [-0.3, -0.25) is 10.3 Å². The number of nitrogens with one attached hydrogen (secondary N) is 2. The van der Waals surface area contributed by atoms with Gasteiger partial charge in [0.2, 0.25) is 5.96 Å². The molecule has 4 rings (SSSR count). The Morgan fingerprint density at radius 1 is 1.18 bits per heavy atom. The number of nitrogens with zero attached hydrogens (tertiary/aromatic N) is 5. The molecule has 38 heavy (non-hydrogen) atoms. The smallest absolute Gasteiger partial charge is 0.335 e. The zero-order chi connectivity index (χ0) is 27.4. The van der Waals surface area contributed by atoms with E-state index in [-0.39, 0.29) is 31.6 Å². The molecule has 0 saturated carbocycles. The van der Waals surface area contributed by atoms with E-state index < -0.39 is 29.3 Å². The Balaban J connectivity index is 1.57. The van der Waals surface area contributed by atoms with Crippen LogP contribution in [0.25, 0.3) is 10.9 Å². The van der Waals surface area contributed by atoms with Crippen molar-refractivity contribution in [2.75, 3.05) is 25.0 Å². The topological polar surface area (TPSA) is 96.7 Å². The van der Waals surface area contributed by atoms with Gasteiger partial charge in [-0.15, -0.1) is 0 Å². The van der Waals surface area contributed by atoms with E-state index in [4.69, 9.17) is 4.99 Å². The highest BCUT2D eigenvalue weighted by Gasteiger charge is 2.35. The molecule has 2 heterocycles. The Morgan fingerprint density at radius 2 is 1.97 bits per heavy atom. The summed E-state index contributed by atoms with van der Waals surface area (Å²) in [7, 11) is 0. The minimum atomic E-state index is -4.68. The van der Waals surface area contributed by atoms with Gasteiger partial charge < -0.3 is 15.1 Å². The summed E-state index contributed by atoms with van der Waals surface area (Å²) in [5, 5.41) is 15.1. The molecule has 1 aliphatic heterocycles. The molecular formula is C26H25F4N7O. The molecule has 12 heteroatoms. The van der Waals surface area contributed by atoms with Crippen LogP contribution in [0.4, 0.5) is 33.7 Å². The molecule has 3 aromatic rings. The number of fused-ring (bicyclic) bond motifs is 1. The van der Waals surface area contributed by atoms with Crippen molar-refractivity contribution in [2.45, 2.75) is 26.1 Å². The molecule has 0 radical (unpaired) electrons. The zero-order valence-electron chi connectivity index (χ0n) is 20.6. The zero-order valence-corrected chi connectivity index (χ0v) is 20.6. The van der Waals surface area contributed by atoms with Gasteiger partial charge in [0.15, 0.2) is 6.19 Å². The summed E-state index contributed by atoms with van der Waals surface area (Å²) in [4.78, 5) is 25.3. The Kier molecular flexibility index (Phi) is 7.66. The van der Waals surface area contributed by atoms with Crippen LogP contribution >= 0.6 is 0 Å². The van der Waals surface area contributed by atoms with Crippen LogP contribution in [0.3, 0.4) is 0 Å². The van der Waals surface area contributed by atoms with E-state index in [0.717, 1.165) is 10.9 Å². The molecule has 1 saturated heterocycles. The third-order valence-electron chi connectivity index (χ3n) is 6.30. The number of hydrogen-bond acceptors (Lipinski definition) is 4.